The van der Waals surface area contributed by atoms with Gasteiger partial charge in [0, 0.05) is 67.6 Å². The molecule has 1 saturated heterocycles. The van der Waals surface area contributed by atoms with Gasteiger partial charge in [-0.15, -0.1) is 0 Å². The van der Waals surface area contributed by atoms with Gasteiger partial charge in [-0.05, 0) is 23.8 Å². The fourth-order valence-corrected chi connectivity index (χ4v) is 4.46. The van der Waals surface area contributed by atoms with Crippen molar-refractivity contribution < 1.29 is 9.53 Å². The first-order chi connectivity index (χ1) is 17.0. The van der Waals surface area contributed by atoms with Gasteiger partial charge < -0.3 is 15.8 Å². The molecule has 1 aliphatic rings. The number of hydrogen-bond donors (Lipinski definition) is 2. The van der Waals surface area contributed by atoms with E-state index in [9.17, 15) is 4.79 Å². The van der Waals surface area contributed by atoms with E-state index in [0.29, 0.717) is 33.5 Å². The summed E-state index contributed by atoms with van der Waals surface area (Å²) >= 11 is 12.4. The second-order valence-electron chi connectivity index (χ2n) is 8.46. The molecular formula is C26H29Cl2N5O2. The highest BCUT2D eigenvalue weighted by molar-refractivity contribution is 6.35. The number of nitrogens with zero attached hydrogens (tertiary/aromatic N) is 3. The molecule has 0 unspecified atom stereocenters. The summed E-state index contributed by atoms with van der Waals surface area (Å²) < 4.78 is 5.78. The highest BCUT2D eigenvalue weighted by Gasteiger charge is 2.17. The zero-order valence-electron chi connectivity index (χ0n) is 19.4. The van der Waals surface area contributed by atoms with E-state index in [4.69, 9.17) is 33.7 Å². The van der Waals surface area contributed by atoms with Crippen LogP contribution in [0, 0.1) is 0 Å². The van der Waals surface area contributed by atoms with Gasteiger partial charge in [-0.1, -0.05) is 59.6 Å². The van der Waals surface area contributed by atoms with Crippen molar-refractivity contribution in [2.45, 2.75) is 13.2 Å². The number of halogens is 2. The summed E-state index contributed by atoms with van der Waals surface area (Å²) in [5.41, 5.74) is 8.31. The third-order valence-corrected chi connectivity index (χ3v) is 6.71. The summed E-state index contributed by atoms with van der Waals surface area (Å²) in [5.74, 6) is 0.280. The molecule has 0 spiro atoms. The first-order valence-electron chi connectivity index (χ1n) is 11.6. The van der Waals surface area contributed by atoms with Crippen LogP contribution in [0.3, 0.4) is 0 Å². The van der Waals surface area contributed by atoms with Crippen LogP contribution in [0.25, 0.3) is 0 Å². The molecule has 184 valence electrons. The van der Waals surface area contributed by atoms with Gasteiger partial charge in [0.25, 0.3) is 5.91 Å². The van der Waals surface area contributed by atoms with Crippen LogP contribution in [0.5, 0.6) is 5.75 Å². The number of nitrogen functional groups attached to an aromatic ring is 1. The molecule has 3 aromatic rings. The predicted molar refractivity (Wildman–Crippen MR) is 140 cm³/mol. The molecule has 35 heavy (non-hydrogen) atoms. The fourth-order valence-electron chi connectivity index (χ4n) is 3.96. The molecular weight excluding hydrogens is 485 g/mol. The van der Waals surface area contributed by atoms with Crippen LogP contribution in [-0.4, -0.2) is 60.0 Å². The Morgan fingerprint density at radius 3 is 2.40 bits per heavy atom. The molecule has 1 aromatic heterocycles. The summed E-state index contributed by atoms with van der Waals surface area (Å²) in [6.45, 7) is 6.43. The minimum Gasteiger partial charge on any atom is -0.485 e. The summed E-state index contributed by atoms with van der Waals surface area (Å²) in [6, 6.07) is 17.3. The van der Waals surface area contributed by atoms with Crippen LogP contribution < -0.4 is 15.8 Å². The zero-order valence-corrected chi connectivity index (χ0v) is 20.9. The van der Waals surface area contributed by atoms with Gasteiger partial charge >= 0.3 is 0 Å². The van der Waals surface area contributed by atoms with Gasteiger partial charge in [-0.25, -0.2) is 4.98 Å². The second kappa shape index (κ2) is 12.2. The third-order valence-electron chi connectivity index (χ3n) is 6.01. The lowest BCUT2D eigenvalue weighted by Crippen LogP contribution is -2.48. The molecule has 9 heteroatoms. The number of benzene rings is 2. The Balaban J connectivity index is 1.23. The molecule has 2 heterocycles. The quantitative estimate of drug-likeness (QED) is 0.448. The van der Waals surface area contributed by atoms with E-state index >= 15 is 0 Å². The number of carbonyl (C=O) groups excluding carboxylic acids is 1. The van der Waals surface area contributed by atoms with Crippen molar-refractivity contribution in [3.05, 3.63) is 87.5 Å². The number of ether oxygens (including phenoxy) is 1. The number of nitrogens with two attached hydrogens (primary N) is 1. The van der Waals surface area contributed by atoms with Crippen LogP contribution in [0.15, 0.2) is 60.8 Å². The molecule has 0 radical (unpaired) electrons. The van der Waals surface area contributed by atoms with Crippen molar-refractivity contribution in [2.24, 2.45) is 0 Å². The van der Waals surface area contributed by atoms with Gasteiger partial charge in [-0.3, -0.25) is 14.6 Å². The Labute approximate surface area is 215 Å². The molecule has 7 nitrogen and oxygen atoms in total. The Kier molecular flexibility index (Phi) is 8.82. The molecule has 0 atom stereocenters. The van der Waals surface area contributed by atoms with E-state index in [-0.39, 0.29) is 18.3 Å². The maximum Gasteiger partial charge on any atom is 0.253 e. The highest BCUT2D eigenvalue weighted by Crippen LogP contribution is 2.27. The molecule has 0 bridgehead atoms. The lowest BCUT2D eigenvalue weighted by molar-refractivity contribution is 0.0933. The van der Waals surface area contributed by atoms with Crippen LogP contribution in [-0.2, 0) is 13.2 Å². The largest absolute Gasteiger partial charge is 0.485 e. The van der Waals surface area contributed by atoms with Gasteiger partial charge in [-0.2, -0.15) is 0 Å². The van der Waals surface area contributed by atoms with Crippen LogP contribution in [0.4, 0.5) is 5.82 Å². The SMILES string of the molecule is Nc1ncc(C(=O)NCCN2CCN(Cc3ccccc3)CC2)cc1OCc1c(Cl)cccc1Cl. The molecule has 0 saturated carbocycles. The van der Waals surface area contributed by atoms with Crippen LogP contribution in [0.1, 0.15) is 21.5 Å². The molecule has 0 aliphatic carbocycles. The van der Waals surface area contributed by atoms with Crippen molar-refractivity contribution in [1.82, 2.24) is 20.1 Å². The molecule has 1 amide bonds. The van der Waals surface area contributed by atoms with Crippen molar-refractivity contribution in [3.8, 4) is 5.75 Å². The number of amides is 1. The van der Waals surface area contributed by atoms with E-state index in [2.05, 4.69) is 44.4 Å². The maximum absolute atomic E-state index is 12.7. The van der Waals surface area contributed by atoms with E-state index in [1.807, 2.05) is 6.07 Å². The van der Waals surface area contributed by atoms with Crippen molar-refractivity contribution in [1.29, 1.82) is 0 Å². The lowest BCUT2D eigenvalue weighted by Gasteiger charge is -2.34. The normalized spacial score (nSPS) is 14.6. The van der Waals surface area contributed by atoms with Crippen LogP contribution >= 0.6 is 23.2 Å². The van der Waals surface area contributed by atoms with E-state index in [0.717, 1.165) is 39.3 Å². The highest BCUT2D eigenvalue weighted by atomic mass is 35.5. The van der Waals surface area contributed by atoms with Crippen LogP contribution in [0.2, 0.25) is 10.0 Å². The maximum atomic E-state index is 12.7. The van der Waals surface area contributed by atoms with Crippen molar-refractivity contribution in [2.75, 3.05) is 45.0 Å². The summed E-state index contributed by atoms with van der Waals surface area (Å²) in [4.78, 5) is 21.6. The number of pyridine rings is 1. The third kappa shape index (κ3) is 7.08. The average Bonchev–Trinajstić information content (AvgIpc) is 2.86. The van der Waals surface area contributed by atoms with E-state index < -0.39 is 0 Å². The van der Waals surface area contributed by atoms with Gasteiger partial charge in [0.15, 0.2) is 11.6 Å². The minimum atomic E-state index is -0.221. The Bertz CT molecular complexity index is 1120. The zero-order chi connectivity index (χ0) is 24.6. The summed E-state index contributed by atoms with van der Waals surface area (Å²) in [6.07, 6.45) is 1.45. The number of hydrogen-bond acceptors (Lipinski definition) is 6. The average molecular weight is 514 g/mol. The minimum absolute atomic E-state index is 0.117. The number of nitrogens with one attached hydrogen (secondary N) is 1. The van der Waals surface area contributed by atoms with Crippen molar-refractivity contribution >= 4 is 34.9 Å². The Hall–Kier alpha value is -2.84. The monoisotopic (exact) mass is 513 g/mol. The van der Waals surface area contributed by atoms with Crippen molar-refractivity contribution in [3.63, 3.8) is 0 Å². The second-order valence-corrected chi connectivity index (χ2v) is 9.27. The predicted octanol–water partition coefficient (Wildman–Crippen LogP) is 4.10. The summed E-state index contributed by atoms with van der Waals surface area (Å²) in [5, 5.41) is 3.96. The molecule has 2 aromatic carbocycles. The summed E-state index contributed by atoms with van der Waals surface area (Å²) in [7, 11) is 0. The smallest absolute Gasteiger partial charge is 0.253 e. The first kappa shape index (κ1) is 25.3. The number of piperazine rings is 1. The number of carbonyl (C=O) groups is 1. The molecule has 3 N–H and O–H groups in total. The van der Waals surface area contributed by atoms with E-state index in [1.165, 1.54) is 11.8 Å². The van der Waals surface area contributed by atoms with Gasteiger partial charge in [0.2, 0.25) is 0 Å². The topological polar surface area (TPSA) is 83.7 Å². The van der Waals surface area contributed by atoms with Gasteiger partial charge in [0.05, 0.1) is 5.56 Å². The number of anilines is 1. The number of aromatic nitrogens is 1. The first-order valence-corrected chi connectivity index (χ1v) is 12.3. The molecule has 1 fully saturated rings. The van der Waals surface area contributed by atoms with E-state index in [1.54, 1.807) is 24.3 Å². The number of rotatable bonds is 9. The molecule has 1 aliphatic heterocycles. The van der Waals surface area contributed by atoms with Gasteiger partial charge in [0.1, 0.15) is 6.61 Å². The fraction of sp³-hybridized carbons (Fsp3) is 0.308. The standard InChI is InChI=1S/C26H29Cl2N5O2/c27-22-7-4-8-23(28)21(22)18-35-24-15-20(16-31-25(24)29)26(34)30-9-10-32-11-13-33(14-12-32)17-19-5-2-1-3-6-19/h1-8,15-16H,9-14,17-18H2,(H2,29,31)(H,30,34). The molecule has 4 rings (SSSR count). The Morgan fingerprint density at radius 1 is 1.00 bits per heavy atom. The Morgan fingerprint density at radius 2 is 1.69 bits per heavy atom. The lowest BCUT2D eigenvalue weighted by atomic mass is 10.2.